The molecule has 0 aromatic heterocycles. The number of hydrogen-bond acceptors (Lipinski definition) is 4. The van der Waals surface area contributed by atoms with Gasteiger partial charge in [-0.25, -0.2) is 12.8 Å². The van der Waals surface area contributed by atoms with Gasteiger partial charge in [-0.3, -0.25) is 9.63 Å². The normalized spacial score (nSPS) is 12.8. The smallest absolute Gasteiger partial charge is 0.264 e. The van der Waals surface area contributed by atoms with Crippen LogP contribution in [0, 0.1) is 5.82 Å². The molecule has 1 N–H and O–H groups in total. The first-order chi connectivity index (χ1) is 11.8. The average molecular weight is 366 g/mol. The number of hydroxylamine groups is 1. The highest BCUT2D eigenvalue weighted by Crippen LogP contribution is 2.18. The van der Waals surface area contributed by atoms with Crippen LogP contribution in [0.5, 0.6) is 0 Å². The number of nitrogens with one attached hydrogen (secondary N) is 1. The molecule has 0 aliphatic heterocycles. The van der Waals surface area contributed by atoms with Crippen LogP contribution in [-0.2, 0) is 14.9 Å². The standard InChI is InChI=1S/C17H19FN2O4S/c1-12(13-7-9-15(18)10-8-13)19-17(21)14-5-4-6-16(11-14)25(22,23)20(2)24-3/h4-12H,1-3H3,(H,19,21). The van der Waals surface area contributed by atoms with Gasteiger partial charge in [0.1, 0.15) is 5.82 Å². The zero-order chi connectivity index (χ0) is 18.6. The average Bonchev–Trinajstić information content (AvgIpc) is 2.61. The van der Waals surface area contributed by atoms with Crippen LogP contribution in [0.1, 0.15) is 28.9 Å². The van der Waals surface area contributed by atoms with Gasteiger partial charge < -0.3 is 5.32 Å². The van der Waals surface area contributed by atoms with Crippen LogP contribution in [0.3, 0.4) is 0 Å². The Morgan fingerprint density at radius 2 is 1.84 bits per heavy atom. The fraction of sp³-hybridized carbons (Fsp3) is 0.235. The molecule has 0 fully saturated rings. The van der Waals surface area contributed by atoms with Crippen molar-refractivity contribution in [3.05, 3.63) is 65.5 Å². The molecule has 2 aromatic carbocycles. The van der Waals surface area contributed by atoms with Crippen LogP contribution < -0.4 is 5.32 Å². The first-order valence-electron chi connectivity index (χ1n) is 7.45. The van der Waals surface area contributed by atoms with E-state index in [2.05, 4.69) is 5.32 Å². The Kier molecular flexibility index (Phi) is 5.89. The number of sulfonamides is 1. The van der Waals surface area contributed by atoms with Gasteiger partial charge in [0.2, 0.25) is 0 Å². The largest absolute Gasteiger partial charge is 0.346 e. The third-order valence-electron chi connectivity index (χ3n) is 3.71. The number of nitrogens with zero attached hydrogens (tertiary/aromatic N) is 1. The van der Waals surface area contributed by atoms with Gasteiger partial charge in [-0.05, 0) is 42.8 Å². The van der Waals surface area contributed by atoms with E-state index in [0.29, 0.717) is 4.47 Å². The molecular weight excluding hydrogens is 347 g/mol. The van der Waals surface area contributed by atoms with E-state index in [-0.39, 0.29) is 22.3 Å². The maximum Gasteiger partial charge on any atom is 0.264 e. The van der Waals surface area contributed by atoms with Crippen LogP contribution in [0.2, 0.25) is 0 Å². The van der Waals surface area contributed by atoms with E-state index < -0.39 is 15.9 Å². The van der Waals surface area contributed by atoms with Gasteiger partial charge in [0.15, 0.2) is 0 Å². The van der Waals surface area contributed by atoms with Gasteiger partial charge in [-0.15, -0.1) is 0 Å². The second-order valence-electron chi connectivity index (χ2n) is 5.37. The second kappa shape index (κ2) is 7.73. The van der Waals surface area contributed by atoms with Gasteiger partial charge in [0, 0.05) is 12.6 Å². The lowest BCUT2D eigenvalue weighted by molar-refractivity contribution is -0.0258. The van der Waals surface area contributed by atoms with Crippen molar-refractivity contribution in [2.24, 2.45) is 0 Å². The molecule has 0 bridgehead atoms. The van der Waals surface area contributed by atoms with Gasteiger partial charge in [0.25, 0.3) is 15.9 Å². The van der Waals surface area contributed by atoms with Crippen molar-refractivity contribution in [3.8, 4) is 0 Å². The Bertz CT molecular complexity index is 853. The number of hydrogen-bond donors (Lipinski definition) is 1. The molecule has 134 valence electrons. The van der Waals surface area contributed by atoms with Gasteiger partial charge in [0.05, 0.1) is 18.0 Å². The highest BCUT2D eigenvalue weighted by atomic mass is 32.2. The summed E-state index contributed by atoms with van der Waals surface area (Å²) >= 11 is 0. The molecular formula is C17H19FN2O4S. The molecule has 1 amide bonds. The van der Waals surface area contributed by atoms with Crippen molar-refractivity contribution >= 4 is 15.9 Å². The summed E-state index contributed by atoms with van der Waals surface area (Å²) in [6.45, 7) is 1.75. The molecule has 0 aliphatic carbocycles. The molecule has 0 aliphatic rings. The number of carbonyl (C=O) groups excluding carboxylic acids is 1. The van der Waals surface area contributed by atoms with Gasteiger partial charge in [-0.1, -0.05) is 22.7 Å². The molecule has 1 atom stereocenters. The predicted octanol–water partition coefficient (Wildman–Crippen LogP) is 2.50. The summed E-state index contributed by atoms with van der Waals surface area (Å²) in [6.07, 6.45) is 0. The third-order valence-corrected chi connectivity index (χ3v) is 5.38. The van der Waals surface area contributed by atoms with Gasteiger partial charge >= 0.3 is 0 Å². The minimum atomic E-state index is -3.84. The van der Waals surface area contributed by atoms with E-state index >= 15 is 0 Å². The van der Waals surface area contributed by atoms with Crippen molar-refractivity contribution < 1.29 is 22.4 Å². The molecule has 1 unspecified atom stereocenters. The highest BCUT2D eigenvalue weighted by Gasteiger charge is 2.22. The molecule has 0 saturated carbocycles. The maximum atomic E-state index is 13.0. The Balaban J connectivity index is 2.20. The SMILES string of the molecule is CON(C)S(=O)(=O)c1cccc(C(=O)NC(C)c2ccc(F)cc2)c1. The molecule has 0 spiro atoms. The molecule has 2 aromatic rings. The highest BCUT2D eigenvalue weighted by molar-refractivity contribution is 7.89. The summed E-state index contributed by atoms with van der Waals surface area (Å²) in [4.78, 5) is 17.0. The van der Waals surface area contributed by atoms with E-state index in [9.17, 15) is 17.6 Å². The number of benzene rings is 2. The lowest BCUT2D eigenvalue weighted by Crippen LogP contribution is -2.28. The van der Waals surface area contributed by atoms with E-state index in [1.807, 2.05) is 0 Å². The lowest BCUT2D eigenvalue weighted by atomic mass is 10.1. The summed E-state index contributed by atoms with van der Waals surface area (Å²) in [5, 5.41) is 2.75. The Morgan fingerprint density at radius 1 is 1.20 bits per heavy atom. The molecule has 2 rings (SSSR count). The fourth-order valence-electron chi connectivity index (χ4n) is 2.16. The van der Waals surface area contributed by atoms with E-state index in [0.717, 1.165) is 5.56 Å². The van der Waals surface area contributed by atoms with Crippen molar-refractivity contribution in [2.45, 2.75) is 17.9 Å². The minimum absolute atomic E-state index is 0.0565. The monoisotopic (exact) mass is 366 g/mol. The maximum absolute atomic E-state index is 13.0. The summed E-state index contributed by atoms with van der Waals surface area (Å²) in [7, 11) is -1.34. The minimum Gasteiger partial charge on any atom is -0.346 e. The number of halogens is 1. The third kappa shape index (κ3) is 4.41. The zero-order valence-corrected chi connectivity index (χ0v) is 14.9. The predicted molar refractivity (Wildman–Crippen MR) is 90.7 cm³/mol. The van der Waals surface area contributed by atoms with Crippen LogP contribution in [0.15, 0.2) is 53.4 Å². The van der Waals surface area contributed by atoms with E-state index in [4.69, 9.17) is 4.84 Å². The Labute approximate surface area is 146 Å². The molecule has 8 heteroatoms. The number of carbonyl (C=O) groups is 1. The van der Waals surface area contributed by atoms with Crippen molar-refractivity contribution in [1.82, 2.24) is 9.79 Å². The molecule has 0 radical (unpaired) electrons. The first-order valence-corrected chi connectivity index (χ1v) is 8.89. The van der Waals surface area contributed by atoms with Crippen LogP contribution in [0.25, 0.3) is 0 Å². The summed E-state index contributed by atoms with van der Waals surface area (Å²) in [5.41, 5.74) is 0.928. The van der Waals surface area contributed by atoms with Crippen LogP contribution in [-0.4, -0.2) is 33.0 Å². The van der Waals surface area contributed by atoms with Gasteiger partial charge in [-0.2, -0.15) is 0 Å². The molecule has 6 nitrogen and oxygen atoms in total. The Morgan fingerprint density at radius 3 is 2.44 bits per heavy atom. The quantitative estimate of drug-likeness (QED) is 0.797. The molecule has 0 saturated heterocycles. The zero-order valence-electron chi connectivity index (χ0n) is 14.1. The fourth-order valence-corrected chi connectivity index (χ4v) is 3.18. The topological polar surface area (TPSA) is 75.7 Å². The van der Waals surface area contributed by atoms with E-state index in [1.54, 1.807) is 19.1 Å². The Hall–Kier alpha value is -2.29. The van der Waals surface area contributed by atoms with Crippen molar-refractivity contribution in [3.63, 3.8) is 0 Å². The molecule has 25 heavy (non-hydrogen) atoms. The summed E-state index contributed by atoms with van der Waals surface area (Å²) in [6, 6.07) is 11.1. The number of rotatable bonds is 6. The van der Waals surface area contributed by atoms with Crippen molar-refractivity contribution in [1.29, 1.82) is 0 Å². The second-order valence-corrected chi connectivity index (χ2v) is 7.31. The van der Waals surface area contributed by atoms with Crippen LogP contribution >= 0.6 is 0 Å². The summed E-state index contributed by atoms with van der Waals surface area (Å²) < 4.78 is 38.2. The van der Waals surface area contributed by atoms with Crippen molar-refractivity contribution in [2.75, 3.05) is 14.2 Å². The van der Waals surface area contributed by atoms with Crippen LogP contribution in [0.4, 0.5) is 4.39 Å². The lowest BCUT2D eigenvalue weighted by Gasteiger charge is -2.16. The van der Waals surface area contributed by atoms with E-state index in [1.165, 1.54) is 50.6 Å². The molecule has 0 heterocycles. The number of amides is 1. The summed E-state index contributed by atoms with van der Waals surface area (Å²) in [5.74, 6) is -0.795. The first kappa shape index (κ1) is 19.0.